The van der Waals surface area contributed by atoms with E-state index in [0.29, 0.717) is 10.0 Å². The Balaban J connectivity index is 1.41. The highest BCUT2D eigenvalue weighted by molar-refractivity contribution is 9.13. The lowest BCUT2D eigenvalue weighted by molar-refractivity contribution is -0.837. The Hall–Kier alpha value is -2.20. The molecule has 0 bridgehead atoms. The number of thiophene rings is 1. The average molecular weight is 579 g/mol. The standard InChI is InChI=1S/C23H21Br2N3O3S/c1-31-19-13-18(24)21(25)17(22(19)29)14-26-15-4-6-16(7-5-15)27-8-10-28(11-9-27)23(30)20-3-2-12-32-20/h2-7,12-14,29H,8-11H2,1H3. The number of piperazine rings is 1. The number of carbonyl (C=O) groups excluding carboxylic acids is 1. The van der Waals surface area contributed by atoms with Crippen LogP contribution in [0.4, 0.5) is 11.4 Å². The number of quaternary nitrogens is 1. The van der Waals surface area contributed by atoms with Crippen molar-refractivity contribution in [3.63, 3.8) is 0 Å². The van der Waals surface area contributed by atoms with Gasteiger partial charge in [-0.15, -0.1) is 11.3 Å². The van der Waals surface area contributed by atoms with Gasteiger partial charge in [-0.3, -0.25) is 14.7 Å². The molecule has 2 heterocycles. The van der Waals surface area contributed by atoms with Crippen LogP contribution in [-0.4, -0.2) is 50.3 Å². The summed E-state index contributed by atoms with van der Waals surface area (Å²) >= 11 is 8.34. The highest BCUT2D eigenvalue weighted by atomic mass is 79.9. The van der Waals surface area contributed by atoms with Crippen molar-refractivity contribution in [1.29, 1.82) is 0 Å². The number of halogens is 2. The molecule has 1 aliphatic rings. The first-order chi connectivity index (χ1) is 15.5. The molecule has 6 nitrogen and oxygen atoms in total. The lowest BCUT2D eigenvalue weighted by atomic mass is 10.2. The van der Waals surface area contributed by atoms with Crippen molar-refractivity contribution in [3.05, 3.63) is 67.2 Å². The van der Waals surface area contributed by atoms with Crippen LogP contribution < -0.4 is 14.7 Å². The van der Waals surface area contributed by atoms with Crippen molar-refractivity contribution >= 4 is 66.7 Å². The van der Waals surface area contributed by atoms with Crippen LogP contribution in [0.25, 0.3) is 0 Å². The quantitative estimate of drug-likeness (QED) is 0.469. The maximum absolute atomic E-state index is 12.5. The summed E-state index contributed by atoms with van der Waals surface area (Å²) in [4.78, 5) is 21.1. The second kappa shape index (κ2) is 10.2. The molecular weight excluding hydrogens is 558 g/mol. The van der Waals surface area contributed by atoms with Gasteiger partial charge in [0.25, 0.3) is 5.91 Å². The fourth-order valence-corrected chi connectivity index (χ4v) is 5.13. The van der Waals surface area contributed by atoms with E-state index in [1.165, 1.54) is 29.0 Å². The maximum Gasteiger partial charge on any atom is 0.264 e. The Morgan fingerprint density at radius 2 is 1.94 bits per heavy atom. The summed E-state index contributed by atoms with van der Waals surface area (Å²) in [6.07, 6.45) is 1.55. The first kappa shape index (κ1) is 23.0. The predicted molar refractivity (Wildman–Crippen MR) is 132 cm³/mol. The zero-order valence-corrected chi connectivity index (χ0v) is 21.3. The molecule has 4 rings (SSSR count). The topological polar surface area (TPSA) is 69.4 Å². The molecular formula is C23H21Br2N3O3S. The van der Waals surface area contributed by atoms with Crippen LogP contribution in [0, 0.1) is 0 Å². The fourth-order valence-electron chi connectivity index (χ4n) is 3.62. The Labute approximate surface area is 207 Å². The van der Waals surface area contributed by atoms with Gasteiger partial charge in [-0.2, -0.15) is 0 Å². The predicted octanol–water partition coefficient (Wildman–Crippen LogP) is 3.78. The number of ether oxygens (including phenoxy) is 1. The van der Waals surface area contributed by atoms with Gasteiger partial charge in [-0.05, 0) is 61.5 Å². The molecule has 1 amide bonds. The SMILES string of the molecule is COc1cc(Br)c(Br)c(C=Nc2ccc([NH+]3CCN(C(=O)c4cccs4)CC3)cc2)c1[O-]. The number of amides is 1. The number of nitrogens with one attached hydrogen (secondary N) is 1. The lowest BCUT2D eigenvalue weighted by Gasteiger charge is -2.31. The smallest absolute Gasteiger partial charge is 0.264 e. The molecule has 0 spiro atoms. The number of rotatable bonds is 5. The summed E-state index contributed by atoms with van der Waals surface area (Å²) in [5.41, 5.74) is 2.35. The molecule has 2 aromatic carbocycles. The van der Waals surface area contributed by atoms with E-state index in [1.807, 2.05) is 46.7 Å². The average Bonchev–Trinajstić information content (AvgIpc) is 3.36. The lowest BCUT2D eigenvalue weighted by Crippen LogP contribution is -3.10. The molecule has 166 valence electrons. The van der Waals surface area contributed by atoms with Crippen LogP contribution in [0.2, 0.25) is 0 Å². The maximum atomic E-state index is 12.5. The second-order valence-electron chi connectivity index (χ2n) is 7.30. The fraction of sp³-hybridized carbons (Fsp3) is 0.217. The number of carbonyl (C=O) groups is 1. The summed E-state index contributed by atoms with van der Waals surface area (Å²) in [5, 5.41) is 14.4. The van der Waals surface area contributed by atoms with Crippen molar-refractivity contribution in [2.45, 2.75) is 0 Å². The van der Waals surface area contributed by atoms with Crippen LogP contribution >= 0.6 is 43.2 Å². The van der Waals surface area contributed by atoms with E-state index in [1.54, 1.807) is 12.3 Å². The Morgan fingerprint density at radius 1 is 1.22 bits per heavy atom. The summed E-state index contributed by atoms with van der Waals surface area (Å²) in [7, 11) is 1.47. The third kappa shape index (κ3) is 4.91. The Bertz CT molecular complexity index is 1130. The second-order valence-corrected chi connectivity index (χ2v) is 9.89. The van der Waals surface area contributed by atoms with E-state index in [2.05, 4.69) is 36.9 Å². The number of nitrogens with zero attached hydrogens (tertiary/aromatic N) is 2. The zero-order chi connectivity index (χ0) is 22.7. The third-order valence-electron chi connectivity index (χ3n) is 5.40. The molecule has 0 radical (unpaired) electrons. The molecule has 0 unspecified atom stereocenters. The monoisotopic (exact) mass is 577 g/mol. The molecule has 1 fully saturated rings. The minimum Gasteiger partial charge on any atom is -0.869 e. The van der Waals surface area contributed by atoms with Crippen molar-refractivity contribution in [2.75, 3.05) is 33.3 Å². The van der Waals surface area contributed by atoms with Crippen LogP contribution in [-0.2, 0) is 0 Å². The summed E-state index contributed by atoms with van der Waals surface area (Å²) in [6, 6.07) is 13.4. The molecule has 9 heteroatoms. The Morgan fingerprint density at radius 3 is 2.56 bits per heavy atom. The first-order valence-electron chi connectivity index (χ1n) is 10.0. The molecule has 0 saturated carbocycles. The summed E-state index contributed by atoms with van der Waals surface area (Å²) in [6.45, 7) is 3.20. The van der Waals surface area contributed by atoms with Gasteiger partial charge in [0.1, 0.15) is 11.4 Å². The van der Waals surface area contributed by atoms with Gasteiger partial charge >= 0.3 is 0 Å². The van der Waals surface area contributed by atoms with E-state index in [4.69, 9.17) is 4.74 Å². The van der Waals surface area contributed by atoms with Crippen LogP contribution in [0.3, 0.4) is 0 Å². The van der Waals surface area contributed by atoms with Gasteiger partial charge in [0.15, 0.2) is 0 Å². The van der Waals surface area contributed by atoms with Crippen LogP contribution in [0.1, 0.15) is 15.2 Å². The van der Waals surface area contributed by atoms with E-state index in [-0.39, 0.29) is 17.4 Å². The van der Waals surface area contributed by atoms with Crippen molar-refractivity contribution in [1.82, 2.24) is 4.90 Å². The first-order valence-corrected chi connectivity index (χ1v) is 12.5. The largest absolute Gasteiger partial charge is 0.869 e. The van der Waals surface area contributed by atoms with Gasteiger partial charge in [0.2, 0.25) is 0 Å². The minimum absolute atomic E-state index is 0.122. The molecule has 1 saturated heterocycles. The zero-order valence-electron chi connectivity index (χ0n) is 17.3. The van der Waals surface area contributed by atoms with Crippen molar-refractivity contribution < 1.29 is 19.5 Å². The molecule has 32 heavy (non-hydrogen) atoms. The van der Waals surface area contributed by atoms with Gasteiger partial charge < -0.3 is 14.7 Å². The molecule has 0 aliphatic carbocycles. The molecule has 1 aliphatic heterocycles. The van der Waals surface area contributed by atoms with Gasteiger partial charge in [0.05, 0.1) is 43.9 Å². The highest BCUT2D eigenvalue weighted by Crippen LogP contribution is 2.38. The molecule has 0 atom stereocenters. The van der Waals surface area contributed by atoms with Gasteiger partial charge in [0, 0.05) is 32.9 Å². The van der Waals surface area contributed by atoms with E-state index < -0.39 is 0 Å². The van der Waals surface area contributed by atoms with Gasteiger partial charge in [-0.25, -0.2) is 0 Å². The van der Waals surface area contributed by atoms with Gasteiger partial charge in [-0.1, -0.05) is 11.8 Å². The molecule has 1 N–H and O–H groups in total. The van der Waals surface area contributed by atoms with Crippen LogP contribution in [0.15, 0.2) is 61.8 Å². The summed E-state index contributed by atoms with van der Waals surface area (Å²) < 4.78 is 6.52. The van der Waals surface area contributed by atoms with Crippen molar-refractivity contribution in [2.24, 2.45) is 4.99 Å². The number of benzene rings is 2. The minimum atomic E-state index is -0.220. The molecule has 1 aromatic heterocycles. The third-order valence-corrected chi connectivity index (χ3v) is 8.27. The van der Waals surface area contributed by atoms with E-state index in [0.717, 1.165) is 41.2 Å². The number of aliphatic imine (C=N–C) groups is 1. The highest BCUT2D eigenvalue weighted by Gasteiger charge is 2.26. The number of methoxy groups -OCH3 is 1. The Kier molecular flexibility index (Phi) is 7.30. The normalized spacial score (nSPS) is 14.8. The van der Waals surface area contributed by atoms with E-state index >= 15 is 0 Å². The van der Waals surface area contributed by atoms with E-state index in [9.17, 15) is 9.90 Å². The molecule has 3 aromatic rings. The van der Waals surface area contributed by atoms with Crippen LogP contribution in [0.5, 0.6) is 11.5 Å². The summed E-state index contributed by atoms with van der Waals surface area (Å²) in [5.74, 6) is 0.163. The number of hydrogen-bond donors (Lipinski definition) is 1. The number of hydrogen-bond acceptors (Lipinski definition) is 5. The van der Waals surface area contributed by atoms with Crippen molar-refractivity contribution in [3.8, 4) is 11.5 Å².